The fourth-order valence-corrected chi connectivity index (χ4v) is 2.79. The van der Waals surface area contributed by atoms with Gasteiger partial charge in [0.2, 0.25) is 0 Å². The largest absolute Gasteiger partial charge is 0.418 e. The highest BCUT2D eigenvalue weighted by molar-refractivity contribution is 7.99. The van der Waals surface area contributed by atoms with Gasteiger partial charge in [-0.05, 0) is 24.6 Å². The maximum atomic E-state index is 12.9. The Morgan fingerprint density at radius 1 is 1.08 bits per heavy atom. The second-order valence-electron chi connectivity index (χ2n) is 5.10. The quantitative estimate of drug-likeness (QED) is 0.752. The molecule has 0 spiro atoms. The van der Waals surface area contributed by atoms with E-state index < -0.39 is 17.0 Å². The topological polar surface area (TPSA) is 41.1 Å². The summed E-state index contributed by atoms with van der Waals surface area (Å²) in [6.07, 6.45) is -4.48. The van der Waals surface area contributed by atoms with Crippen molar-refractivity contribution in [2.45, 2.75) is 24.1 Å². The lowest BCUT2D eigenvalue weighted by molar-refractivity contribution is -0.137. The van der Waals surface area contributed by atoms with E-state index in [9.17, 15) is 18.0 Å². The van der Waals surface area contributed by atoms with Gasteiger partial charge in [0.25, 0.3) is 5.91 Å². The van der Waals surface area contributed by atoms with Crippen LogP contribution in [-0.4, -0.2) is 11.2 Å². The van der Waals surface area contributed by atoms with Crippen molar-refractivity contribution < 1.29 is 18.0 Å². The lowest BCUT2D eigenvalue weighted by atomic mass is 10.2. The van der Waals surface area contributed by atoms with Crippen molar-refractivity contribution in [2.75, 3.05) is 5.43 Å². The van der Waals surface area contributed by atoms with Crippen LogP contribution >= 0.6 is 11.8 Å². The number of para-hydroxylation sites is 1. The van der Waals surface area contributed by atoms with E-state index in [0.29, 0.717) is 5.75 Å². The first-order chi connectivity index (χ1) is 11.4. The monoisotopic (exact) mass is 354 g/mol. The second kappa shape index (κ2) is 8.10. The Bertz CT molecular complexity index is 677. The average molecular weight is 354 g/mol. The van der Waals surface area contributed by atoms with E-state index in [2.05, 4.69) is 10.9 Å². The number of carbonyl (C=O) groups excluding carboxylic acids is 1. The summed E-state index contributed by atoms with van der Waals surface area (Å²) in [6, 6.07) is 14.6. The summed E-state index contributed by atoms with van der Waals surface area (Å²) in [6.45, 7) is 1.71. The molecule has 1 atom stereocenters. The van der Waals surface area contributed by atoms with E-state index >= 15 is 0 Å². The summed E-state index contributed by atoms with van der Waals surface area (Å²) in [4.78, 5) is 12.0. The average Bonchev–Trinajstić information content (AvgIpc) is 2.58. The zero-order valence-electron chi connectivity index (χ0n) is 12.9. The smallest absolute Gasteiger partial charge is 0.298 e. The fraction of sp³-hybridized carbons (Fsp3) is 0.235. The molecular weight excluding hydrogens is 337 g/mol. The molecule has 0 bridgehead atoms. The number of carbonyl (C=O) groups is 1. The molecule has 2 N–H and O–H groups in total. The van der Waals surface area contributed by atoms with Gasteiger partial charge < -0.3 is 0 Å². The molecular formula is C17H17F3N2OS. The number of amides is 1. The van der Waals surface area contributed by atoms with Gasteiger partial charge in [-0.2, -0.15) is 13.2 Å². The van der Waals surface area contributed by atoms with Crippen LogP contribution in [0.5, 0.6) is 0 Å². The minimum Gasteiger partial charge on any atom is -0.298 e. The molecule has 1 amide bonds. The molecule has 0 heterocycles. The zero-order valence-corrected chi connectivity index (χ0v) is 13.7. The van der Waals surface area contributed by atoms with E-state index in [0.717, 1.165) is 11.6 Å². The molecule has 0 aliphatic rings. The number of hydrazine groups is 1. The third kappa shape index (κ3) is 5.19. The number of nitrogens with one attached hydrogen (secondary N) is 2. The molecule has 0 fully saturated rings. The summed E-state index contributed by atoms with van der Waals surface area (Å²) in [5, 5.41) is -0.407. The lowest BCUT2D eigenvalue weighted by Gasteiger charge is -2.17. The number of hydrogen-bond donors (Lipinski definition) is 2. The number of rotatable bonds is 6. The number of benzene rings is 2. The lowest BCUT2D eigenvalue weighted by Crippen LogP contribution is -2.36. The standard InChI is InChI=1S/C17H17F3N2OS/c1-12(24-11-13-7-3-2-4-8-13)16(23)22-21-15-10-6-5-9-14(15)17(18,19)20/h2-10,12,21H,11H2,1H3,(H,22,23)/t12-/m0/s1. The molecule has 2 aromatic carbocycles. The van der Waals surface area contributed by atoms with Crippen molar-refractivity contribution in [3.8, 4) is 0 Å². The van der Waals surface area contributed by atoms with Crippen LogP contribution in [0.4, 0.5) is 18.9 Å². The maximum Gasteiger partial charge on any atom is 0.418 e. The highest BCUT2D eigenvalue weighted by Gasteiger charge is 2.33. The predicted octanol–water partition coefficient (Wildman–Crippen LogP) is 4.47. The van der Waals surface area contributed by atoms with Crippen LogP contribution in [0.3, 0.4) is 0 Å². The molecule has 0 unspecified atom stereocenters. The summed E-state index contributed by atoms with van der Waals surface area (Å²) in [7, 11) is 0. The van der Waals surface area contributed by atoms with Gasteiger partial charge in [-0.25, -0.2) is 0 Å². The first kappa shape index (κ1) is 18.2. The van der Waals surface area contributed by atoms with E-state index in [-0.39, 0.29) is 11.6 Å². The van der Waals surface area contributed by atoms with Gasteiger partial charge in [0, 0.05) is 5.75 Å². The van der Waals surface area contributed by atoms with Gasteiger partial charge in [0.1, 0.15) is 0 Å². The third-order valence-corrected chi connectivity index (χ3v) is 4.48. The van der Waals surface area contributed by atoms with Crippen molar-refractivity contribution in [3.63, 3.8) is 0 Å². The summed E-state index contributed by atoms with van der Waals surface area (Å²) < 4.78 is 38.6. The molecule has 128 valence electrons. The van der Waals surface area contributed by atoms with Crippen LogP contribution in [0.2, 0.25) is 0 Å². The normalized spacial score (nSPS) is 12.5. The highest BCUT2D eigenvalue weighted by Crippen LogP contribution is 2.34. The molecule has 0 radical (unpaired) electrons. The zero-order chi connectivity index (χ0) is 17.6. The molecule has 0 aromatic heterocycles. The SMILES string of the molecule is C[C@H](SCc1ccccc1)C(=O)NNc1ccccc1C(F)(F)F. The van der Waals surface area contributed by atoms with Gasteiger partial charge in [-0.3, -0.25) is 15.6 Å². The van der Waals surface area contributed by atoms with E-state index in [1.165, 1.54) is 30.0 Å². The highest BCUT2D eigenvalue weighted by atomic mass is 32.2. The van der Waals surface area contributed by atoms with Crippen molar-refractivity contribution >= 4 is 23.4 Å². The van der Waals surface area contributed by atoms with Gasteiger partial charge >= 0.3 is 6.18 Å². The molecule has 0 aliphatic heterocycles. The predicted molar refractivity (Wildman–Crippen MR) is 90.4 cm³/mol. The van der Waals surface area contributed by atoms with Crippen LogP contribution in [0, 0.1) is 0 Å². The summed E-state index contributed by atoms with van der Waals surface area (Å²) in [5.41, 5.74) is 4.78. The number of anilines is 1. The first-order valence-corrected chi connectivity index (χ1v) is 8.30. The molecule has 24 heavy (non-hydrogen) atoms. The molecule has 0 saturated carbocycles. The van der Waals surface area contributed by atoms with E-state index in [4.69, 9.17) is 0 Å². The van der Waals surface area contributed by atoms with Crippen LogP contribution in [-0.2, 0) is 16.7 Å². The van der Waals surface area contributed by atoms with E-state index in [1.807, 2.05) is 30.3 Å². The Hall–Kier alpha value is -2.15. The Morgan fingerprint density at radius 2 is 1.71 bits per heavy atom. The second-order valence-corrected chi connectivity index (χ2v) is 6.43. The Kier molecular flexibility index (Phi) is 6.14. The Labute approximate surface area is 142 Å². The van der Waals surface area contributed by atoms with Crippen molar-refractivity contribution in [2.24, 2.45) is 0 Å². The van der Waals surface area contributed by atoms with Crippen LogP contribution < -0.4 is 10.9 Å². The minimum absolute atomic E-state index is 0.182. The number of hydrogen-bond acceptors (Lipinski definition) is 3. The Morgan fingerprint density at radius 3 is 2.38 bits per heavy atom. The van der Waals surface area contributed by atoms with E-state index in [1.54, 1.807) is 6.92 Å². The molecule has 0 aliphatic carbocycles. The van der Waals surface area contributed by atoms with Crippen LogP contribution in [0.1, 0.15) is 18.1 Å². The molecule has 2 aromatic rings. The molecule has 3 nitrogen and oxygen atoms in total. The van der Waals surface area contributed by atoms with Gasteiger partial charge in [-0.1, -0.05) is 42.5 Å². The third-order valence-electron chi connectivity index (χ3n) is 3.26. The van der Waals surface area contributed by atoms with Gasteiger partial charge in [-0.15, -0.1) is 11.8 Å². The molecule has 2 rings (SSSR count). The molecule has 0 saturated heterocycles. The van der Waals surface area contributed by atoms with Crippen LogP contribution in [0.25, 0.3) is 0 Å². The number of thioether (sulfide) groups is 1. The molecule has 7 heteroatoms. The van der Waals surface area contributed by atoms with Crippen molar-refractivity contribution in [3.05, 3.63) is 65.7 Å². The van der Waals surface area contributed by atoms with Gasteiger partial charge in [0.05, 0.1) is 16.5 Å². The summed E-state index contributed by atoms with van der Waals surface area (Å²) >= 11 is 1.41. The fourth-order valence-electron chi connectivity index (χ4n) is 1.94. The maximum absolute atomic E-state index is 12.9. The first-order valence-electron chi connectivity index (χ1n) is 7.25. The number of alkyl halides is 3. The number of halogens is 3. The van der Waals surface area contributed by atoms with Crippen molar-refractivity contribution in [1.82, 2.24) is 5.43 Å². The van der Waals surface area contributed by atoms with Crippen LogP contribution in [0.15, 0.2) is 54.6 Å². The Balaban J connectivity index is 1.89. The van der Waals surface area contributed by atoms with Gasteiger partial charge in [0.15, 0.2) is 0 Å². The minimum atomic E-state index is -4.48. The van der Waals surface area contributed by atoms with Crippen molar-refractivity contribution in [1.29, 1.82) is 0 Å². The summed E-state index contributed by atoms with van der Waals surface area (Å²) in [5.74, 6) is 0.266.